The number of rotatable bonds is 2. The van der Waals surface area contributed by atoms with Crippen LogP contribution in [0.4, 0.5) is 13.2 Å². The monoisotopic (exact) mass is 203 g/mol. The molecule has 0 aliphatic rings. The average Bonchev–Trinajstić information content (AvgIpc) is 2.01. The van der Waals surface area contributed by atoms with Crippen LogP contribution in [0.3, 0.4) is 0 Å². The summed E-state index contributed by atoms with van der Waals surface area (Å²) in [5.41, 5.74) is 1.48. The Labute approximate surface area is 80.5 Å². The van der Waals surface area contributed by atoms with E-state index in [1.807, 2.05) is 6.92 Å². The van der Waals surface area contributed by atoms with Crippen LogP contribution < -0.4 is 4.74 Å². The van der Waals surface area contributed by atoms with Gasteiger partial charge >= 0.3 is 6.36 Å². The van der Waals surface area contributed by atoms with Crippen LogP contribution in [0.2, 0.25) is 0 Å². The maximum Gasteiger partial charge on any atom is 0.573 e. The van der Waals surface area contributed by atoms with Crippen molar-refractivity contribution in [3.05, 3.63) is 36.2 Å². The topological polar surface area (TPSA) is 9.23 Å². The average molecular weight is 203 g/mol. The standard InChI is InChI=1S/C10H10F3O/c1-3-8-4-5-9(6-7(8)2)14-10(11,12)13/h4-6H,2-3H2,1H3. The molecule has 0 saturated carbocycles. The molecule has 1 radical (unpaired) electrons. The molecule has 0 bridgehead atoms. The number of ether oxygens (including phenoxy) is 1. The third-order valence-corrected chi connectivity index (χ3v) is 1.79. The molecule has 0 unspecified atom stereocenters. The number of halogens is 3. The quantitative estimate of drug-likeness (QED) is 0.716. The first-order valence-electron chi connectivity index (χ1n) is 4.13. The molecule has 77 valence electrons. The summed E-state index contributed by atoms with van der Waals surface area (Å²) in [6.45, 7) is 5.55. The first-order valence-corrected chi connectivity index (χ1v) is 4.13. The minimum absolute atomic E-state index is 0.222. The lowest BCUT2D eigenvalue weighted by molar-refractivity contribution is -0.274. The second-order valence-electron chi connectivity index (χ2n) is 2.83. The molecule has 0 saturated heterocycles. The predicted molar refractivity (Wildman–Crippen MR) is 47.0 cm³/mol. The lowest BCUT2D eigenvalue weighted by Crippen LogP contribution is -2.17. The van der Waals surface area contributed by atoms with Crippen molar-refractivity contribution < 1.29 is 17.9 Å². The second kappa shape index (κ2) is 3.90. The fourth-order valence-corrected chi connectivity index (χ4v) is 1.14. The summed E-state index contributed by atoms with van der Waals surface area (Å²) in [4.78, 5) is 0. The lowest BCUT2D eigenvalue weighted by atomic mass is 10.1. The van der Waals surface area contributed by atoms with Gasteiger partial charge < -0.3 is 4.74 Å². The van der Waals surface area contributed by atoms with E-state index in [0.717, 1.165) is 12.0 Å². The van der Waals surface area contributed by atoms with E-state index in [-0.39, 0.29) is 5.75 Å². The molecule has 0 spiro atoms. The molecule has 1 nitrogen and oxygen atoms in total. The normalized spacial score (nSPS) is 11.5. The van der Waals surface area contributed by atoms with Crippen molar-refractivity contribution in [3.63, 3.8) is 0 Å². The highest BCUT2D eigenvalue weighted by atomic mass is 19.4. The van der Waals surface area contributed by atoms with Gasteiger partial charge in [0.25, 0.3) is 0 Å². The fraction of sp³-hybridized carbons (Fsp3) is 0.300. The van der Waals surface area contributed by atoms with Crippen molar-refractivity contribution >= 4 is 0 Å². The minimum atomic E-state index is -4.64. The summed E-state index contributed by atoms with van der Waals surface area (Å²) in [6, 6.07) is 4.16. The van der Waals surface area contributed by atoms with Crippen LogP contribution in [0.5, 0.6) is 5.75 Å². The van der Waals surface area contributed by atoms with E-state index in [1.54, 1.807) is 6.07 Å². The van der Waals surface area contributed by atoms with Crippen molar-refractivity contribution in [1.82, 2.24) is 0 Å². The molecule has 0 fully saturated rings. The molecule has 0 amide bonds. The molecule has 0 aliphatic carbocycles. The highest BCUT2D eigenvalue weighted by Gasteiger charge is 2.31. The van der Waals surface area contributed by atoms with E-state index >= 15 is 0 Å². The third kappa shape index (κ3) is 2.94. The zero-order chi connectivity index (χ0) is 10.8. The predicted octanol–water partition coefficient (Wildman–Crippen LogP) is 3.33. The number of aryl methyl sites for hydroxylation is 1. The molecule has 0 N–H and O–H groups in total. The van der Waals surface area contributed by atoms with Crippen LogP contribution in [-0.2, 0) is 6.42 Å². The van der Waals surface area contributed by atoms with Crippen molar-refractivity contribution in [3.8, 4) is 5.75 Å². The van der Waals surface area contributed by atoms with E-state index in [0.29, 0.717) is 5.56 Å². The number of alkyl halides is 3. The molecule has 0 heterocycles. The third-order valence-electron chi connectivity index (χ3n) is 1.79. The zero-order valence-electron chi connectivity index (χ0n) is 7.69. The van der Waals surface area contributed by atoms with Gasteiger partial charge in [0, 0.05) is 0 Å². The fourth-order valence-electron chi connectivity index (χ4n) is 1.14. The molecular weight excluding hydrogens is 193 g/mol. The van der Waals surface area contributed by atoms with Gasteiger partial charge in [0.05, 0.1) is 0 Å². The van der Waals surface area contributed by atoms with E-state index in [4.69, 9.17) is 0 Å². The Morgan fingerprint density at radius 2 is 2.00 bits per heavy atom. The lowest BCUT2D eigenvalue weighted by Gasteiger charge is -2.10. The number of benzene rings is 1. The summed E-state index contributed by atoms with van der Waals surface area (Å²) in [5, 5.41) is 0. The van der Waals surface area contributed by atoms with Crippen LogP contribution >= 0.6 is 0 Å². The van der Waals surface area contributed by atoms with E-state index in [1.165, 1.54) is 12.1 Å². The van der Waals surface area contributed by atoms with Crippen LogP contribution in [-0.4, -0.2) is 6.36 Å². The molecular formula is C10H10F3O. The van der Waals surface area contributed by atoms with Crippen molar-refractivity contribution in [2.45, 2.75) is 19.7 Å². The van der Waals surface area contributed by atoms with Gasteiger partial charge in [0.1, 0.15) is 5.75 Å². The van der Waals surface area contributed by atoms with Gasteiger partial charge in [0.15, 0.2) is 0 Å². The molecule has 14 heavy (non-hydrogen) atoms. The minimum Gasteiger partial charge on any atom is -0.406 e. The summed E-state index contributed by atoms with van der Waals surface area (Å²) in [6.07, 6.45) is -3.90. The van der Waals surface area contributed by atoms with E-state index < -0.39 is 6.36 Å². The van der Waals surface area contributed by atoms with Gasteiger partial charge in [-0.05, 0) is 36.6 Å². The summed E-state index contributed by atoms with van der Waals surface area (Å²) < 4.78 is 39.2. The molecule has 1 rings (SSSR count). The van der Waals surface area contributed by atoms with E-state index in [2.05, 4.69) is 11.7 Å². The van der Waals surface area contributed by atoms with Crippen LogP contribution in [0.25, 0.3) is 0 Å². The Kier molecular flexibility index (Phi) is 3.03. The van der Waals surface area contributed by atoms with Gasteiger partial charge in [-0.15, -0.1) is 13.2 Å². The SMILES string of the molecule is [CH2]c1cc(OC(F)(F)F)ccc1CC. The van der Waals surface area contributed by atoms with Crippen molar-refractivity contribution in [1.29, 1.82) is 0 Å². The van der Waals surface area contributed by atoms with Crippen LogP contribution in [0.1, 0.15) is 18.1 Å². The van der Waals surface area contributed by atoms with Crippen LogP contribution in [0, 0.1) is 6.92 Å². The number of hydrogen-bond donors (Lipinski definition) is 0. The molecule has 0 atom stereocenters. The van der Waals surface area contributed by atoms with Crippen molar-refractivity contribution in [2.24, 2.45) is 0 Å². The summed E-state index contributed by atoms with van der Waals surface area (Å²) in [5.74, 6) is -0.222. The Balaban J connectivity index is 2.87. The first kappa shape index (κ1) is 10.9. The highest BCUT2D eigenvalue weighted by molar-refractivity contribution is 5.37. The van der Waals surface area contributed by atoms with Crippen molar-refractivity contribution in [2.75, 3.05) is 0 Å². The first-order chi connectivity index (χ1) is 6.42. The van der Waals surface area contributed by atoms with Gasteiger partial charge in [0.2, 0.25) is 0 Å². The molecule has 0 aliphatic heterocycles. The van der Waals surface area contributed by atoms with Gasteiger partial charge in [-0.3, -0.25) is 0 Å². The molecule has 1 aromatic rings. The Bertz CT molecular complexity index is 318. The summed E-state index contributed by atoms with van der Waals surface area (Å²) >= 11 is 0. The maximum atomic E-state index is 11.8. The molecule has 0 aromatic heterocycles. The van der Waals surface area contributed by atoms with Gasteiger partial charge in [-0.2, -0.15) is 0 Å². The largest absolute Gasteiger partial charge is 0.573 e. The molecule has 4 heteroatoms. The smallest absolute Gasteiger partial charge is 0.406 e. The second-order valence-corrected chi connectivity index (χ2v) is 2.83. The van der Waals surface area contributed by atoms with Gasteiger partial charge in [-0.1, -0.05) is 13.0 Å². The summed E-state index contributed by atoms with van der Waals surface area (Å²) in [7, 11) is 0. The Hall–Kier alpha value is -1.19. The van der Waals surface area contributed by atoms with Gasteiger partial charge in [-0.25, -0.2) is 0 Å². The Morgan fingerprint density at radius 1 is 1.36 bits per heavy atom. The highest BCUT2D eigenvalue weighted by Crippen LogP contribution is 2.24. The zero-order valence-corrected chi connectivity index (χ0v) is 7.69. The maximum absolute atomic E-state index is 11.8. The van der Waals surface area contributed by atoms with Crippen LogP contribution in [0.15, 0.2) is 18.2 Å². The Morgan fingerprint density at radius 3 is 2.43 bits per heavy atom. The van der Waals surface area contributed by atoms with E-state index in [9.17, 15) is 13.2 Å². The molecule has 1 aromatic carbocycles. The number of hydrogen-bond acceptors (Lipinski definition) is 1.